The predicted molar refractivity (Wildman–Crippen MR) is 46.1 cm³/mol. The molecule has 3 nitrogen and oxygen atoms in total. The van der Waals surface area contributed by atoms with Crippen LogP contribution in [0.25, 0.3) is 0 Å². The normalized spacial score (nSPS) is 13.8. The molecule has 0 spiro atoms. The first-order valence-corrected chi connectivity index (χ1v) is 3.60. The molecule has 0 aromatic heterocycles. The van der Waals surface area contributed by atoms with Crippen molar-refractivity contribution >= 4 is 5.91 Å². The van der Waals surface area contributed by atoms with Gasteiger partial charge >= 0.3 is 0 Å². The Bertz CT molecular complexity index is 161. The molecule has 0 aliphatic heterocycles. The molecule has 0 heterocycles. The number of hydrogen-bond donors (Lipinski definition) is 2. The topological polar surface area (TPSA) is 55.1 Å². The first-order valence-electron chi connectivity index (χ1n) is 3.60. The Hall–Kier alpha value is -0.830. The third kappa shape index (κ3) is 3.18. The summed E-state index contributed by atoms with van der Waals surface area (Å²) < 4.78 is 0. The number of carbonyl (C=O) groups excluding carboxylic acids is 1. The highest BCUT2D eigenvalue weighted by atomic mass is 16.1. The Morgan fingerprint density at radius 3 is 2.45 bits per heavy atom. The van der Waals surface area contributed by atoms with Crippen LogP contribution < -0.4 is 11.1 Å². The highest BCUT2D eigenvalue weighted by molar-refractivity contribution is 5.87. The van der Waals surface area contributed by atoms with Gasteiger partial charge in [0, 0.05) is 11.6 Å². The van der Waals surface area contributed by atoms with Gasteiger partial charge in [0.15, 0.2) is 0 Å². The summed E-state index contributed by atoms with van der Waals surface area (Å²) in [5.74, 6) is -0.188. The third-order valence-corrected chi connectivity index (χ3v) is 1.77. The molecular formula is C8H16N2O. The Kier molecular flexibility index (Phi) is 3.26. The molecule has 0 saturated heterocycles. The van der Waals surface area contributed by atoms with Gasteiger partial charge in [0.1, 0.15) is 0 Å². The fourth-order valence-corrected chi connectivity index (χ4v) is 0.482. The maximum absolute atomic E-state index is 10.8. The molecule has 0 aromatic rings. The van der Waals surface area contributed by atoms with Crippen LogP contribution in [0.3, 0.4) is 0 Å². The van der Waals surface area contributed by atoms with Crippen LogP contribution in [0.4, 0.5) is 0 Å². The van der Waals surface area contributed by atoms with Gasteiger partial charge in [-0.05, 0) is 26.8 Å². The lowest BCUT2D eigenvalue weighted by molar-refractivity contribution is -0.118. The average molecular weight is 156 g/mol. The van der Waals surface area contributed by atoms with Crippen molar-refractivity contribution in [1.29, 1.82) is 0 Å². The molecular weight excluding hydrogens is 140 g/mol. The van der Waals surface area contributed by atoms with E-state index in [1.165, 1.54) is 6.08 Å². The van der Waals surface area contributed by atoms with Crippen molar-refractivity contribution in [2.45, 2.75) is 32.4 Å². The number of amides is 1. The largest absolute Gasteiger partial charge is 0.346 e. The smallest absolute Gasteiger partial charge is 0.243 e. The molecule has 3 heteroatoms. The van der Waals surface area contributed by atoms with Gasteiger partial charge in [0.2, 0.25) is 5.91 Å². The molecule has 0 aliphatic carbocycles. The summed E-state index contributed by atoms with van der Waals surface area (Å²) in [4.78, 5) is 10.8. The Balaban J connectivity index is 4.11. The fourth-order valence-electron chi connectivity index (χ4n) is 0.482. The molecule has 0 radical (unpaired) electrons. The molecule has 0 aliphatic rings. The van der Waals surface area contributed by atoms with Crippen molar-refractivity contribution in [1.82, 2.24) is 5.32 Å². The Morgan fingerprint density at radius 1 is 1.73 bits per heavy atom. The first kappa shape index (κ1) is 10.2. The number of hydrogen-bond acceptors (Lipinski definition) is 2. The number of nitrogens with one attached hydrogen (secondary N) is 1. The van der Waals surface area contributed by atoms with E-state index in [-0.39, 0.29) is 17.5 Å². The molecule has 3 N–H and O–H groups in total. The first-order chi connectivity index (χ1) is 4.90. The van der Waals surface area contributed by atoms with Gasteiger partial charge in [0.25, 0.3) is 0 Å². The minimum Gasteiger partial charge on any atom is -0.346 e. The zero-order chi connectivity index (χ0) is 9.07. The van der Waals surface area contributed by atoms with Crippen LogP contribution in [-0.2, 0) is 4.79 Å². The standard InChI is InChI=1S/C8H16N2O/c1-5-7(11)10-8(3,4)6(2)9/h5-6H,1,9H2,2-4H3,(H,10,11). The second-order valence-electron chi connectivity index (χ2n) is 3.20. The third-order valence-electron chi connectivity index (χ3n) is 1.77. The van der Waals surface area contributed by atoms with Crippen molar-refractivity contribution < 1.29 is 4.79 Å². The summed E-state index contributed by atoms with van der Waals surface area (Å²) >= 11 is 0. The fraction of sp³-hybridized carbons (Fsp3) is 0.625. The van der Waals surface area contributed by atoms with Gasteiger partial charge in [-0.1, -0.05) is 6.58 Å². The highest BCUT2D eigenvalue weighted by Gasteiger charge is 2.23. The van der Waals surface area contributed by atoms with Crippen LogP contribution in [0.2, 0.25) is 0 Å². The molecule has 0 saturated carbocycles. The van der Waals surface area contributed by atoms with Crippen molar-refractivity contribution in [3.8, 4) is 0 Å². The highest BCUT2D eigenvalue weighted by Crippen LogP contribution is 2.05. The molecule has 64 valence electrons. The van der Waals surface area contributed by atoms with Gasteiger partial charge in [0.05, 0.1) is 0 Å². The molecule has 0 rings (SSSR count). The summed E-state index contributed by atoms with van der Waals surface area (Å²) in [6, 6.07) is -0.0774. The molecule has 0 bridgehead atoms. The van der Waals surface area contributed by atoms with Crippen molar-refractivity contribution in [2.75, 3.05) is 0 Å². The summed E-state index contributed by atoms with van der Waals surface area (Å²) in [5, 5.41) is 2.72. The minimum atomic E-state index is -0.370. The van der Waals surface area contributed by atoms with Crippen LogP contribution in [0.15, 0.2) is 12.7 Å². The lowest BCUT2D eigenvalue weighted by atomic mass is 9.97. The maximum Gasteiger partial charge on any atom is 0.243 e. The molecule has 1 unspecified atom stereocenters. The van der Waals surface area contributed by atoms with Crippen LogP contribution in [0, 0.1) is 0 Å². The Labute approximate surface area is 67.7 Å². The zero-order valence-electron chi connectivity index (χ0n) is 7.35. The van der Waals surface area contributed by atoms with Crippen LogP contribution in [-0.4, -0.2) is 17.5 Å². The van der Waals surface area contributed by atoms with Gasteiger partial charge in [-0.25, -0.2) is 0 Å². The second-order valence-corrected chi connectivity index (χ2v) is 3.20. The van der Waals surface area contributed by atoms with E-state index in [1.54, 1.807) is 0 Å². The van der Waals surface area contributed by atoms with E-state index in [0.29, 0.717) is 0 Å². The van der Waals surface area contributed by atoms with E-state index in [2.05, 4.69) is 11.9 Å². The van der Waals surface area contributed by atoms with Crippen molar-refractivity contribution in [3.05, 3.63) is 12.7 Å². The number of nitrogens with two attached hydrogens (primary N) is 1. The van der Waals surface area contributed by atoms with Crippen molar-refractivity contribution in [2.24, 2.45) is 5.73 Å². The van der Waals surface area contributed by atoms with Crippen LogP contribution >= 0.6 is 0 Å². The van der Waals surface area contributed by atoms with Crippen LogP contribution in [0.5, 0.6) is 0 Å². The van der Waals surface area contributed by atoms with Crippen molar-refractivity contribution in [3.63, 3.8) is 0 Å². The quantitative estimate of drug-likeness (QED) is 0.582. The summed E-state index contributed by atoms with van der Waals surface area (Å²) in [7, 11) is 0. The average Bonchev–Trinajstić information content (AvgIpc) is 1.86. The van der Waals surface area contributed by atoms with Gasteiger partial charge in [-0.15, -0.1) is 0 Å². The van der Waals surface area contributed by atoms with Gasteiger partial charge in [-0.3, -0.25) is 4.79 Å². The summed E-state index contributed by atoms with van der Waals surface area (Å²) in [6.45, 7) is 8.95. The van der Waals surface area contributed by atoms with Gasteiger partial charge < -0.3 is 11.1 Å². The molecule has 11 heavy (non-hydrogen) atoms. The maximum atomic E-state index is 10.8. The summed E-state index contributed by atoms with van der Waals surface area (Å²) in [5.41, 5.74) is 5.25. The van der Waals surface area contributed by atoms with Crippen LogP contribution in [0.1, 0.15) is 20.8 Å². The van der Waals surface area contributed by atoms with E-state index in [9.17, 15) is 4.79 Å². The number of carbonyl (C=O) groups is 1. The summed E-state index contributed by atoms with van der Waals surface area (Å²) in [6.07, 6.45) is 1.24. The zero-order valence-corrected chi connectivity index (χ0v) is 7.35. The molecule has 1 amide bonds. The van der Waals surface area contributed by atoms with E-state index >= 15 is 0 Å². The Morgan fingerprint density at radius 2 is 2.18 bits per heavy atom. The molecule has 0 aromatic carbocycles. The van der Waals surface area contributed by atoms with Gasteiger partial charge in [-0.2, -0.15) is 0 Å². The van der Waals surface area contributed by atoms with E-state index in [1.807, 2.05) is 20.8 Å². The predicted octanol–water partition coefficient (Wildman–Crippen LogP) is 0.414. The lowest BCUT2D eigenvalue weighted by Crippen LogP contribution is -2.54. The molecule has 0 fully saturated rings. The van der Waals surface area contributed by atoms with E-state index in [0.717, 1.165) is 0 Å². The second kappa shape index (κ2) is 3.53. The number of rotatable bonds is 3. The monoisotopic (exact) mass is 156 g/mol. The SMILES string of the molecule is C=CC(=O)NC(C)(C)C(C)N. The molecule has 1 atom stereocenters. The van der Waals surface area contributed by atoms with E-state index < -0.39 is 0 Å². The lowest BCUT2D eigenvalue weighted by Gasteiger charge is -2.29. The van der Waals surface area contributed by atoms with E-state index in [4.69, 9.17) is 5.73 Å². The minimum absolute atomic E-state index is 0.0774.